The van der Waals surface area contributed by atoms with Crippen molar-refractivity contribution in [3.8, 4) is 0 Å². The van der Waals surface area contributed by atoms with E-state index >= 15 is 0 Å². The molecule has 0 fully saturated rings. The van der Waals surface area contributed by atoms with Crippen LogP contribution in [0.4, 0.5) is 0 Å². The predicted octanol–water partition coefficient (Wildman–Crippen LogP) is -4.62. The van der Waals surface area contributed by atoms with Crippen LogP contribution in [0.25, 0.3) is 0 Å². The number of hydrogen-bond acceptors (Lipinski definition) is 13. The zero-order chi connectivity index (χ0) is 44.1. The van der Waals surface area contributed by atoms with Crippen molar-refractivity contribution in [1.82, 2.24) is 41.9 Å². The van der Waals surface area contributed by atoms with Crippen molar-refractivity contribution < 1.29 is 53.4 Å². The Morgan fingerprint density at radius 3 is 1.67 bits per heavy atom. The number of aromatic nitrogens is 2. The summed E-state index contributed by atoms with van der Waals surface area (Å²) in [5.41, 5.74) is 22.6. The smallest absolute Gasteiger partial charge is 0.328 e. The first-order valence-electron chi connectivity index (χ1n) is 18.9. The van der Waals surface area contributed by atoms with Crippen molar-refractivity contribution in [2.24, 2.45) is 28.9 Å². The Balaban J connectivity index is 3.30. The molecule has 58 heavy (non-hydrogen) atoms. The SMILES string of the molecule is CC[C@H](C)[C@H](N)C(=O)N[C@@H](CCC(N)=O)C(=O)N[C@@H](Cc1cnc[nH]1)C(=O)N[C@@H](CCC(N)=O)C(=O)N[C@@H](C)C(=O)N[C@@H](CCCCN)C(=O)N[C@H](C(=O)O)[C@@H](C)O. The fraction of sp³-hybridized carbons (Fsp3) is 0.657. The minimum absolute atomic E-state index is 0.0278. The number of nitrogens with zero attached hydrogens (tertiary/aromatic N) is 1. The number of aliphatic carboxylic acids is 1. The van der Waals surface area contributed by atoms with E-state index in [2.05, 4.69) is 41.9 Å². The van der Waals surface area contributed by atoms with Crippen molar-refractivity contribution in [3.63, 3.8) is 0 Å². The van der Waals surface area contributed by atoms with E-state index in [4.69, 9.17) is 22.9 Å². The van der Waals surface area contributed by atoms with Crippen molar-refractivity contribution >= 4 is 53.2 Å². The van der Waals surface area contributed by atoms with E-state index < -0.39 is 108 Å². The summed E-state index contributed by atoms with van der Waals surface area (Å²) in [6, 6.07) is -9.65. The molecule has 0 aliphatic rings. The first kappa shape index (κ1) is 50.3. The molecule has 17 N–H and O–H groups in total. The standard InChI is InChI=1S/C35H60N12O11/c1-5-17(2)27(39)34(56)45-23(10-12-26(38)50)31(53)46-24(14-20-15-40-16-41-20)33(55)44-22(9-11-25(37)49)30(52)42-18(3)29(51)43-21(8-6-7-13-36)32(54)47-28(19(4)48)35(57)58/h15-19,21-24,27-28,48H,5-14,36,39H2,1-4H3,(H2,37,49)(H2,38,50)(H,40,41)(H,42,52)(H,43,51)(H,44,55)(H,45,56)(H,46,53)(H,47,54)(H,57,58)/t17-,18-,19+,21-,22-,23-,24-,27-,28-/m0/s1. The molecule has 23 heteroatoms. The number of aliphatic hydroxyl groups excluding tert-OH is 1. The maximum Gasteiger partial charge on any atom is 0.328 e. The molecule has 8 amide bonds. The molecule has 326 valence electrons. The highest BCUT2D eigenvalue weighted by Gasteiger charge is 2.34. The number of aliphatic hydroxyl groups is 1. The Morgan fingerprint density at radius 2 is 1.19 bits per heavy atom. The van der Waals surface area contributed by atoms with E-state index in [0.717, 1.165) is 6.92 Å². The highest BCUT2D eigenvalue weighted by Crippen LogP contribution is 2.09. The molecule has 9 atom stereocenters. The van der Waals surface area contributed by atoms with Crippen LogP contribution in [0.5, 0.6) is 0 Å². The number of aromatic amines is 1. The van der Waals surface area contributed by atoms with Gasteiger partial charge >= 0.3 is 5.97 Å². The molecule has 1 aromatic rings. The number of carboxylic acid groups (broad SMARTS) is 1. The van der Waals surface area contributed by atoms with Gasteiger partial charge in [0, 0.05) is 31.2 Å². The average molecular weight is 825 g/mol. The van der Waals surface area contributed by atoms with Gasteiger partial charge in [0.1, 0.15) is 30.2 Å². The second-order valence-corrected chi connectivity index (χ2v) is 14.0. The number of nitrogens with one attached hydrogen (secondary N) is 7. The fourth-order valence-corrected chi connectivity index (χ4v) is 5.34. The van der Waals surface area contributed by atoms with Crippen LogP contribution in [0.2, 0.25) is 0 Å². The van der Waals surface area contributed by atoms with Gasteiger partial charge in [0.2, 0.25) is 47.3 Å². The molecule has 0 aliphatic heterocycles. The molecule has 23 nitrogen and oxygen atoms in total. The molecule has 1 heterocycles. The quantitative estimate of drug-likeness (QED) is 0.0354. The van der Waals surface area contributed by atoms with Crippen LogP contribution in [-0.2, 0) is 49.6 Å². The Kier molecular flexibility index (Phi) is 22.2. The Bertz CT molecular complexity index is 1560. The molecular formula is C35H60N12O11. The topological polar surface area (TPSA) is 399 Å². The number of imidazole rings is 1. The minimum Gasteiger partial charge on any atom is -0.480 e. The van der Waals surface area contributed by atoms with Gasteiger partial charge in [-0.15, -0.1) is 0 Å². The Labute approximate surface area is 335 Å². The van der Waals surface area contributed by atoms with Crippen LogP contribution in [0.15, 0.2) is 12.5 Å². The maximum absolute atomic E-state index is 13.8. The van der Waals surface area contributed by atoms with E-state index in [9.17, 15) is 53.4 Å². The van der Waals surface area contributed by atoms with E-state index in [1.54, 1.807) is 6.92 Å². The molecule has 0 spiro atoms. The summed E-state index contributed by atoms with van der Waals surface area (Å²) < 4.78 is 0. The second kappa shape index (κ2) is 25.5. The summed E-state index contributed by atoms with van der Waals surface area (Å²) in [6.07, 6.45) is 1.11. The van der Waals surface area contributed by atoms with E-state index in [1.165, 1.54) is 19.4 Å². The Hall–Kier alpha value is -5.68. The van der Waals surface area contributed by atoms with Crippen LogP contribution < -0.4 is 54.8 Å². The zero-order valence-corrected chi connectivity index (χ0v) is 33.2. The van der Waals surface area contributed by atoms with Gasteiger partial charge in [0.05, 0.1) is 18.5 Å². The number of rotatable bonds is 28. The number of carbonyl (C=O) groups excluding carboxylic acids is 8. The highest BCUT2D eigenvalue weighted by atomic mass is 16.4. The van der Waals surface area contributed by atoms with Gasteiger partial charge in [-0.2, -0.15) is 0 Å². The van der Waals surface area contributed by atoms with Crippen LogP contribution >= 0.6 is 0 Å². The number of hydrogen-bond donors (Lipinski definition) is 13. The molecule has 0 aliphatic carbocycles. The fourth-order valence-electron chi connectivity index (χ4n) is 5.34. The van der Waals surface area contributed by atoms with E-state index in [0.29, 0.717) is 25.0 Å². The molecule has 0 radical (unpaired) electrons. The van der Waals surface area contributed by atoms with Crippen LogP contribution in [-0.4, -0.2) is 128 Å². The van der Waals surface area contributed by atoms with Gasteiger partial charge in [-0.05, 0) is 58.4 Å². The second-order valence-electron chi connectivity index (χ2n) is 14.0. The van der Waals surface area contributed by atoms with Gasteiger partial charge in [-0.1, -0.05) is 20.3 Å². The van der Waals surface area contributed by atoms with Crippen molar-refractivity contribution in [2.45, 2.75) is 134 Å². The van der Waals surface area contributed by atoms with Gasteiger partial charge in [-0.3, -0.25) is 38.4 Å². The highest BCUT2D eigenvalue weighted by molar-refractivity contribution is 5.97. The van der Waals surface area contributed by atoms with Crippen LogP contribution in [0.1, 0.15) is 84.8 Å². The predicted molar refractivity (Wildman–Crippen MR) is 206 cm³/mol. The molecule has 1 rings (SSSR count). The summed E-state index contributed by atoms with van der Waals surface area (Å²) in [5.74, 6) is -8.62. The average Bonchev–Trinajstić information content (AvgIpc) is 3.68. The molecule has 0 saturated carbocycles. The first-order valence-corrected chi connectivity index (χ1v) is 18.9. The molecule has 0 aromatic carbocycles. The number of carbonyl (C=O) groups is 9. The zero-order valence-electron chi connectivity index (χ0n) is 33.2. The monoisotopic (exact) mass is 824 g/mol. The van der Waals surface area contributed by atoms with Crippen molar-refractivity contribution in [1.29, 1.82) is 0 Å². The number of H-pyrrole nitrogens is 1. The van der Waals surface area contributed by atoms with Gasteiger partial charge in [0.25, 0.3) is 0 Å². The lowest BCUT2D eigenvalue weighted by atomic mass is 9.98. The van der Waals surface area contributed by atoms with Gasteiger partial charge in [-0.25, -0.2) is 9.78 Å². The van der Waals surface area contributed by atoms with Gasteiger partial charge < -0.3 is 70.0 Å². The first-order chi connectivity index (χ1) is 27.2. The summed E-state index contributed by atoms with van der Waals surface area (Å²) in [4.78, 5) is 122. The number of unbranched alkanes of at least 4 members (excludes halogenated alkanes) is 1. The molecule has 0 saturated heterocycles. The lowest BCUT2D eigenvalue weighted by molar-refractivity contribution is -0.145. The number of primary amides is 2. The van der Waals surface area contributed by atoms with Crippen molar-refractivity contribution in [3.05, 3.63) is 18.2 Å². The summed E-state index contributed by atoms with van der Waals surface area (Å²) in [6.45, 7) is 6.26. The number of carboxylic acids is 1. The minimum atomic E-state index is -1.68. The summed E-state index contributed by atoms with van der Waals surface area (Å²) in [5, 5.41) is 33.7. The van der Waals surface area contributed by atoms with Crippen molar-refractivity contribution in [2.75, 3.05) is 6.54 Å². The molecule has 0 unspecified atom stereocenters. The lowest BCUT2D eigenvalue weighted by Gasteiger charge is -2.27. The number of nitrogens with two attached hydrogens (primary N) is 4. The lowest BCUT2D eigenvalue weighted by Crippen LogP contribution is -2.60. The largest absolute Gasteiger partial charge is 0.480 e. The summed E-state index contributed by atoms with van der Waals surface area (Å²) in [7, 11) is 0. The van der Waals surface area contributed by atoms with Crippen LogP contribution in [0.3, 0.4) is 0 Å². The third kappa shape index (κ3) is 18.1. The summed E-state index contributed by atoms with van der Waals surface area (Å²) >= 11 is 0. The van der Waals surface area contributed by atoms with E-state index in [-0.39, 0.29) is 44.6 Å². The third-order valence-electron chi connectivity index (χ3n) is 9.17. The molecular weight excluding hydrogens is 764 g/mol. The number of amides is 8. The third-order valence-corrected chi connectivity index (χ3v) is 9.17. The Morgan fingerprint density at radius 1 is 0.707 bits per heavy atom. The van der Waals surface area contributed by atoms with Gasteiger partial charge in [0.15, 0.2) is 6.04 Å². The maximum atomic E-state index is 13.8. The molecule has 1 aromatic heterocycles. The van der Waals surface area contributed by atoms with Crippen LogP contribution in [0, 0.1) is 5.92 Å². The normalized spacial score (nSPS) is 15.7. The molecule has 0 bridgehead atoms. The van der Waals surface area contributed by atoms with E-state index in [1.807, 2.05) is 6.92 Å².